The quantitative estimate of drug-likeness (QED) is 0.857. The second kappa shape index (κ2) is 5.88. The zero-order valence-electron chi connectivity index (χ0n) is 10.4. The van der Waals surface area contributed by atoms with Crippen molar-refractivity contribution in [1.29, 1.82) is 0 Å². The van der Waals surface area contributed by atoms with Crippen molar-refractivity contribution >= 4 is 11.3 Å². The predicted molar refractivity (Wildman–Crippen MR) is 72.8 cm³/mol. The monoisotopic (exact) mass is 264 g/mol. The zero-order chi connectivity index (χ0) is 13.0. The lowest BCUT2D eigenvalue weighted by atomic mass is 10.3. The summed E-state index contributed by atoms with van der Waals surface area (Å²) in [6.07, 6.45) is 4.11. The summed E-state index contributed by atoms with van der Waals surface area (Å²) in [5.74, 6) is 0. The fourth-order valence-corrected chi connectivity index (χ4v) is 2.37. The van der Waals surface area contributed by atoms with Gasteiger partial charge in [0.1, 0.15) is 5.01 Å². The minimum atomic E-state index is -0.0308. The Kier molecular flexibility index (Phi) is 4.22. The Morgan fingerprint density at radius 2 is 2.28 bits per heavy atom. The fourth-order valence-electron chi connectivity index (χ4n) is 1.51. The normalized spacial score (nSPS) is 11.1. The van der Waals surface area contributed by atoms with E-state index in [1.165, 1.54) is 17.4 Å². The summed E-state index contributed by atoms with van der Waals surface area (Å²) in [6, 6.07) is 1.96. The molecule has 0 fully saturated rings. The molecule has 18 heavy (non-hydrogen) atoms. The molecule has 2 heterocycles. The number of hydrogen-bond acceptors (Lipinski definition) is 5. The number of pyridine rings is 1. The molecule has 0 aromatic carbocycles. The maximum Gasteiger partial charge on any atom is 0.191 e. The highest BCUT2D eigenvalue weighted by molar-refractivity contribution is 7.14. The Labute approximate surface area is 109 Å². The number of aromatic amines is 1. The molecule has 2 rings (SSSR count). The van der Waals surface area contributed by atoms with Crippen LogP contribution in [0.5, 0.6) is 0 Å². The van der Waals surface area contributed by atoms with E-state index in [9.17, 15) is 4.79 Å². The van der Waals surface area contributed by atoms with Crippen molar-refractivity contribution < 1.29 is 0 Å². The van der Waals surface area contributed by atoms with Crippen LogP contribution in [0.4, 0.5) is 0 Å². The van der Waals surface area contributed by atoms with Gasteiger partial charge in [-0.3, -0.25) is 4.79 Å². The van der Waals surface area contributed by atoms with Crippen LogP contribution in [0.3, 0.4) is 0 Å². The van der Waals surface area contributed by atoms with E-state index in [0.717, 1.165) is 18.0 Å². The number of hydrogen-bond donors (Lipinski definition) is 2. The van der Waals surface area contributed by atoms with Crippen molar-refractivity contribution in [2.45, 2.75) is 26.3 Å². The molecule has 0 aliphatic carbocycles. The number of nitrogens with zero attached hydrogens (tertiary/aromatic N) is 2. The van der Waals surface area contributed by atoms with Gasteiger partial charge < -0.3 is 10.3 Å². The molecular formula is C12H16N4OS. The summed E-state index contributed by atoms with van der Waals surface area (Å²) in [7, 11) is 0. The number of H-pyrrole nitrogens is 1. The van der Waals surface area contributed by atoms with E-state index in [0.29, 0.717) is 16.6 Å². The van der Waals surface area contributed by atoms with Gasteiger partial charge in [0, 0.05) is 37.5 Å². The molecule has 2 N–H and O–H groups in total. The Hall–Kier alpha value is -1.53. The van der Waals surface area contributed by atoms with E-state index in [2.05, 4.69) is 34.3 Å². The summed E-state index contributed by atoms with van der Waals surface area (Å²) in [5.41, 5.74) is 0.551. The van der Waals surface area contributed by atoms with Crippen molar-refractivity contribution in [3.8, 4) is 10.6 Å². The van der Waals surface area contributed by atoms with Gasteiger partial charge in [-0.05, 0) is 0 Å². The molecular weight excluding hydrogens is 248 g/mol. The first-order valence-corrected chi connectivity index (χ1v) is 6.71. The molecule has 0 aliphatic heterocycles. The molecule has 0 unspecified atom stereocenters. The highest BCUT2D eigenvalue weighted by atomic mass is 32.1. The molecule has 6 heteroatoms. The number of rotatable bonds is 5. The van der Waals surface area contributed by atoms with Crippen LogP contribution in [0.2, 0.25) is 0 Å². The Morgan fingerprint density at radius 1 is 1.44 bits per heavy atom. The molecule has 96 valence electrons. The van der Waals surface area contributed by atoms with Gasteiger partial charge >= 0.3 is 0 Å². The van der Waals surface area contributed by atoms with Gasteiger partial charge in [0.05, 0.1) is 5.56 Å². The lowest BCUT2D eigenvalue weighted by Gasteiger charge is -2.04. The molecule has 0 spiro atoms. The molecule has 5 nitrogen and oxygen atoms in total. The summed E-state index contributed by atoms with van der Waals surface area (Å²) in [5, 5.41) is 13.1. The van der Waals surface area contributed by atoms with Gasteiger partial charge in [0.25, 0.3) is 0 Å². The maximum atomic E-state index is 11.6. The Morgan fingerprint density at radius 3 is 3.00 bits per heavy atom. The second-order valence-corrected chi connectivity index (χ2v) is 5.34. The third kappa shape index (κ3) is 3.24. The van der Waals surface area contributed by atoms with E-state index in [1.807, 2.05) is 0 Å². The second-order valence-electron chi connectivity index (χ2n) is 4.28. The first-order chi connectivity index (χ1) is 8.66. The van der Waals surface area contributed by atoms with E-state index >= 15 is 0 Å². The molecule has 0 amide bonds. The van der Waals surface area contributed by atoms with Gasteiger partial charge in [-0.25, -0.2) is 0 Å². The average Bonchev–Trinajstić information content (AvgIpc) is 2.78. The first kappa shape index (κ1) is 12.9. The molecule has 0 aliphatic rings. The van der Waals surface area contributed by atoms with Crippen LogP contribution >= 0.6 is 11.3 Å². The maximum absolute atomic E-state index is 11.6. The van der Waals surface area contributed by atoms with Crippen molar-refractivity contribution in [1.82, 2.24) is 20.5 Å². The van der Waals surface area contributed by atoms with Crippen LogP contribution in [0.25, 0.3) is 10.6 Å². The van der Waals surface area contributed by atoms with Crippen molar-refractivity contribution in [2.24, 2.45) is 0 Å². The topological polar surface area (TPSA) is 70.7 Å². The molecule has 0 atom stereocenters. The predicted octanol–water partition coefficient (Wildman–Crippen LogP) is 1.43. The molecule has 2 aromatic heterocycles. The molecule has 0 saturated heterocycles. The lowest BCUT2D eigenvalue weighted by molar-refractivity contribution is 0.588. The highest BCUT2D eigenvalue weighted by Crippen LogP contribution is 2.19. The highest BCUT2D eigenvalue weighted by Gasteiger charge is 2.09. The third-order valence-electron chi connectivity index (χ3n) is 2.41. The average molecular weight is 264 g/mol. The molecule has 0 bridgehead atoms. The summed E-state index contributed by atoms with van der Waals surface area (Å²) in [6.45, 7) is 5.08. The van der Waals surface area contributed by atoms with Gasteiger partial charge in [-0.1, -0.05) is 25.2 Å². The molecule has 2 aromatic rings. The van der Waals surface area contributed by atoms with E-state index in [1.54, 1.807) is 12.4 Å². The van der Waals surface area contributed by atoms with Crippen molar-refractivity contribution in [3.63, 3.8) is 0 Å². The van der Waals surface area contributed by atoms with Crippen LogP contribution in [0, 0.1) is 0 Å². The van der Waals surface area contributed by atoms with Crippen LogP contribution in [0.15, 0.2) is 23.3 Å². The van der Waals surface area contributed by atoms with E-state index < -0.39 is 0 Å². The first-order valence-electron chi connectivity index (χ1n) is 5.90. The van der Waals surface area contributed by atoms with E-state index in [4.69, 9.17) is 0 Å². The third-order valence-corrected chi connectivity index (χ3v) is 3.43. The number of nitrogens with one attached hydrogen (secondary N) is 2. The van der Waals surface area contributed by atoms with E-state index in [-0.39, 0.29) is 5.43 Å². The minimum absolute atomic E-state index is 0.0308. The van der Waals surface area contributed by atoms with Gasteiger partial charge in [-0.15, -0.1) is 10.2 Å². The van der Waals surface area contributed by atoms with Gasteiger partial charge in [0.2, 0.25) is 0 Å². The Balaban J connectivity index is 2.07. The minimum Gasteiger partial charge on any atom is -0.367 e. The Bertz CT molecular complexity index is 561. The van der Waals surface area contributed by atoms with Gasteiger partial charge in [0.15, 0.2) is 10.4 Å². The molecule has 0 radical (unpaired) electrons. The van der Waals surface area contributed by atoms with Crippen LogP contribution < -0.4 is 10.7 Å². The van der Waals surface area contributed by atoms with Crippen LogP contribution in [-0.2, 0) is 6.42 Å². The van der Waals surface area contributed by atoms with Crippen molar-refractivity contribution in [3.05, 3.63) is 33.7 Å². The summed E-state index contributed by atoms with van der Waals surface area (Å²) >= 11 is 1.47. The number of aromatic nitrogens is 3. The van der Waals surface area contributed by atoms with Crippen molar-refractivity contribution in [2.75, 3.05) is 6.54 Å². The fraction of sp³-hybridized carbons (Fsp3) is 0.417. The van der Waals surface area contributed by atoms with Crippen LogP contribution in [0.1, 0.15) is 18.9 Å². The lowest BCUT2D eigenvalue weighted by Crippen LogP contribution is -2.24. The van der Waals surface area contributed by atoms with Crippen LogP contribution in [-0.4, -0.2) is 27.8 Å². The van der Waals surface area contributed by atoms with Gasteiger partial charge in [-0.2, -0.15) is 0 Å². The molecule has 0 saturated carbocycles. The zero-order valence-corrected chi connectivity index (χ0v) is 11.3. The SMILES string of the molecule is CC(C)NCCc1nnc(-c2c[nH]ccc2=O)s1. The standard InChI is InChI=1S/C12H16N4OS/c1-8(2)14-6-4-11-15-16-12(18-11)9-7-13-5-3-10(9)17/h3,5,7-8,14H,4,6H2,1-2H3,(H,13,17). The summed E-state index contributed by atoms with van der Waals surface area (Å²) < 4.78 is 0. The summed E-state index contributed by atoms with van der Waals surface area (Å²) in [4.78, 5) is 14.5. The smallest absolute Gasteiger partial charge is 0.191 e. The largest absolute Gasteiger partial charge is 0.367 e.